The molecule has 5 nitrogen and oxygen atoms in total. The quantitative estimate of drug-likeness (QED) is 0.485. The Kier molecular flexibility index (Phi) is 13.1. The summed E-state index contributed by atoms with van der Waals surface area (Å²) < 4.78 is 9.93. The molecular formula is C9H21O5PS. The van der Waals surface area contributed by atoms with E-state index < -0.39 is 13.6 Å². The lowest BCUT2D eigenvalue weighted by molar-refractivity contribution is -0.136. The van der Waals surface area contributed by atoms with Gasteiger partial charge in [-0.25, -0.2) is 0 Å². The van der Waals surface area contributed by atoms with Crippen LogP contribution in [0.3, 0.4) is 0 Å². The van der Waals surface area contributed by atoms with E-state index in [0.717, 1.165) is 17.9 Å². The van der Waals surface area contributed by atoms with Crippen LogP contribution in [0, 0.1) is 0 Å². The summed E-state index contributed by atoms with van der Waals surface area (Å²) in [7, 11) is -3.67. The average Bonchev–Trinajstić information content (AvgIpc) is 2.11. The van der Waals surface area contributed by atoms with Crippen molar-refractivity contribution < 1.29 is 24.3 Å². The monoisotopic (exact) mass is 272 g/mol. The molecule has 0 saturated carbocycles. The second kappa shape index (κ2) is 11.5. The van der Waals surface area contributed by atoms with E-state index in [9.17, 15) is 9.36 Å². The first kappa shape index (κ1) is 18.3. The molecule has 0 unspecified atom stereocenters. The van der Waals surface area contributed by atoms with Crippen molar-refractivity contribution >= 4 is 25.3 Å². The van der Waals surface area contributed by atoms with Crippen LogP contribution in [-0.2, 0) is 9.36 Å². The SMILES string of the molecule is CCCP(=O)(O)O.CCCSCCC(=O)O. The van der Waals surface area contributed by atoms with Crippen LogP contribution in [-0.4, -0.2) is 38.5 Å². The van der Waals surface area contributed by atoms with Crippen molar-refractivity contribution in [1.29, 1.82) is 0 Å². The molecule has 0 amide bonds. The highest BCUT2D eigenvalue weighted by Crippen LogP contribution is 2.34. The lowest BCUT2D eigenvalue weighted by Gasteiger charge is -1.96. The van der Waals surface area contributed by atoms with E-state index in [0.29, 0.717) is 12.8 Å². The third-order valence-corrected chi connectivity index (χ3v) is 3.54. The molecule has 0 radical (unpaired) electrons. The minimum absolute atomic E-state index is 0.00694. The Hall–Kier alpha value is -0.0300. The maximum atomic E-state index is 9.95. The van der Waals surface area contributed by atoms with Crippen LogP contribution >= 0.6 is 19.4 Å². The Balaban J connectivity index is 0. The highest BCUT2D eigenvalue weighted by molar-refractivity contribution is 7.99. The lowest BCUT2D eigenvalue weighted by atomic mass is 10.5. The average molecular weight is 272 g/mol. The predicted molar refractivity (Wildman–Crippen MR) is 67.1 cm³/mol. The fourth-order valence-electron chi connectivity index (χ4n) is 0.697. The van der Waals surface area contributed by atoms with E-state index >= 15 is 0 Å². The van der Waals surface area contributed by atoms with Gasteiger partial charge in [-0.15, -0.1) is 0 Å². The predicted octanol–water partition coefficient (Wildman–Crippen LogP) is 2.18. The zero-order valence-electron chi connectivity index (χ0n) is 9.76. The molecule has 0 spiro atoms. The van der Waals surface area contributed by atoms with Gasteiger partial charge in [-0.1, -0.05) is 13.8 Å². The highest BCUT2D eigenvalue weighted by Gasteiger charge is 2.08. The Labute approximate surface area is 101 Å². The number of thioether (sulfide) groups is 1. The van der Waals surface area contributed by atoms with Crippen molar-refractivity contribution in [3.8, 4) is 0 Å². The molecule has 0 rings (SSSR count). The van der Waals surface area contributed by atoms with Gasteiger partial charge in [-0.2, -0.15) is 11.8 Å². The Morgan fingerprint density at radius 2 is 1.75 bits per heavy atom. The maximum Gasteiger partial charge on any atom is 0.325 e. The fourth-order valence-corrected chi connectivity index (χ4v) is 2.09. The molecule has 0 saturated heterocycles. The van der Waals surface area contributed by atoms with Crippen LogP contribution in [0.4, 0.5) is 0 Å². The molecule has 0 aliphatic heterocycles. The molecule has 0 aliphatic carbocycles. The summed E-state index contributed by atoms with van der Waals surface area (Å²) in [6, 6.07) is 0. The molecule has 3 N–H and O–H groups in total. The number of carbonyl (C=O) groups is 1. The van der Waals surface area contributed by atoms with Crippen molar-refractivity contribution in [3.05, 3.63) is 0 Å². The largest absolute Gasteiger partial charge is 0.481 e. The van der Waals surface area contributed by atoms with E-state index in [1.807, 2.05) is 0 Å². The second-order valence-corrected chi connectivity index (χ2v) is 6.15. The summed E-state index contributed by atoms with van der Waals surface area (Å²) in [5.74, 6) is 1.13. The molecule has 0 atom stereocenters. The molecule has 7 heteroatoms. The Bertz CT molecular complexity index is 216. The smallest absolute Gasteiger partial charge is 0.325 e. The number of hydrogen-bond donors (Lipinski definition) is 3. The summed E-state index contributed by atoms with van der Waals surface area (Å²) in [4.78, 5) is 26.2. The molecule has 0 aromatic carbocycles. The second-order valence-electron chi connectivity index (χ2n) is 3.14. The fraction of sp³-hybridized carbons (Fsp3) is 0.889. The summed E-state index contributed by atoms with van der Waals surface area (Å²) in [5, 5.41) is 8.20. The van der Waals surface area contributed by atoms with Crippen molar-refractivity contribution in [2.24, 2.45) is 0 Å². The molecule has 16 heavy (non-hydrogen) atoms. The van der Waals surface area contributed by atoms with Crippen molar-refractivity contribution in [3.63, 3.8) is 0 Å². The van der Waals surface area contributed by atoms with Gasteiger partial charge in [0.25, 0.3) is 0 Å². The molecule has 0 aromatic heterocycles. The Morgan fingerprint density at radius 3 is 2.00 bits per heavy atom. The number of hydrogen-bond acceptors (Lipinski definition) is 3. The van der Waals surface area contributed by atoms with E-state index in [4.69, 9.17) is 14.9 Å². The number of aliphatic carboxylic acids is 1. The summed E-state index contributed by atoms with van der Waals surface area (Å²) >= 11 is 1.70. The number of rotatable bonds is 7. The molecule has 0 bridgehead atoms. The molecule has 0 heterocycles. The minimum Gasteiger partial charge on any atom is -0.481 e. The van der Waals surface area contributed by atoms with Gasteiger partial charge >= 0.3 is 13.6 Å². The number of carboxylic acids is 1. The van der Waals surface area contributed by atoms with Gasteiger partial charge in [0.1, 0.15) is 0 Å². The molecule has 0 aromatic rings. The summed E-state index contributed by atoms with van der Waals surface area (Å²) in [6.45, 7) is 3.83. The minimum atomic E-state index is -3.67. The van der Waals surface area contributed by atoms with Gasteiger partial charge in [-0.05, 0) is 18.6 Å². The van der Waals surface area contributed by atoms with Gasteiger partial charge in [0.2, 0.25) is 0 Å². The van der Waals surface area contributed by atoms with E-state index in [1.54, 1.807) is 18.7 Å². The van der Waals surface area contributed by atoms with Gasteiger partial charge in [0.05, 0.1) is 6.42 Å². The van der Waals surface area contributed by atoms with Crippen molar-refractivity contribution in [1.82, 2.24) is 0 Å². The third-order valence-electron chi connectivity index (χ3n) is 1.32. The first-order valence-electron chi connectivity index (χ1n) is 5.17. The Morgan fingerprint density at radius 1 is 1.19 bits per heavy atom. The van der Waals surface area contributed by atoms with Crippen LogP contribution in [0.2, 0.25) is 0 Å². The maximum absolute atomic E-state index is 9.95. The van der Waals surface area contributed by atoms with Gasteiger partial charge < -0.3 is 14.9 Å². The van der Waals surface area contributed by atoms with Crippen LogP contribution < -0.4 is 0 Å². The topological polar surface area (TPSA) is 94.8 Å². The van der Waals surface area contributed by atoms with E-state index in [-0.39, 0.29) is 6.16 Å². The summed E-state index contributed by atoms with van der Waals surface area (Å²) in [5.41, 5.74) is 0. The molecule has 98 valence electrons. The van der Waals surface area contributed by atoms with Crippen molar-refractivity contribution in [2.45, 2.75) is 33.1 Å². The molecular weight excluding hydrogens is 251 g/mol. The van der Waals surface area contributed by atoms with E-state index in [1.165, 1.54) is 0 Å². The van der Waals surface area contributed by atoms with E-state index in [2.05, 4.69) is 6.92 Å². The van der Waals surface area contributed by atoms with Crippen LogP contribution in [0.15, 0.2) is 0 Å². The summed E-state index contributed by atoms with van der Waals surface area (Å²) in [6.07, 6.45) is 1.98. The lowest BCUT2D eigenvalue weighted by Crippen LogP contribution is -1.96. The first-order valence-corrected chi connectivity index (χ1v) is 8.12. The van der Waals surface area contributed by atoms with Crippen LogP contribution in [0.5, 0.6) is 0 Å². The first-order chi connectivity index (χ1) is 7.33. The van der Waals surface area contributed by atoms with Crippen LogP contribution in [0.25, 0.3) is 0 Å². The van der Waals surface area contributed by atoms with Gasteiger partial charge in [-0.3, -0.25) is 9.36 Å². The van der Waals surface area contributed by atoms with Gasteiger partial charge in [0.15, 0.2) is 0 Å². The zero-order chi connectivity index (χ0) is 13.0. The normalized spacial score (nSPS) is 10.5. The standard InChI is InChI=1S/C6H12O2S.C3H9O3P/c1-2-4-9-5-3-6(7)8;1-2-3-7(4,5)6/h2-5H2,1H3,(H,7,8);2-3H2,1H3,(H2,4,5,6). The molecule has 0 fully saturated rings. The van der Waals surface area contributed by atoms with Crippen molar-refractivity contribution in [2.75, 3.05) is 17.7 Å². The highest BCUT2D eigenvalue weighted by atomic mass is 32.2. The number of carboxylic acid groups (broad SMARTS) is 1. The zero-order valence-corrected chi connectivity index (χ0v) is 11.5. The van der Waals surface area contributed by atoms with Gasteiger partial charge in [0, 0.05) is 11.9 Å². The van der Waals surface area contributed by atoms with Crippen LogP contribution in [0.1, 0.15) is 33.1 Å². The third kappa shape index (κ3) is 23.6. The molecule has 0 aliphatic rings.